The van der Waals surface area contributed by atoms with Gasteiger partial charge >= 0.3 is 12.1 Å². The summed E-state index contributed by atoms with van der Waals surface area (Å²) in [5.41, 5.74) is 1.40. The minimum absolute atomic E-state index is 0.0344. The van der Waals surface area contributed by atoms with E-state index in [0.717, 1.165) is 12.7 Å². The number of aliphatic hydroxyl groups is 2. The summed E-state index contributed by atoms with van der Waals surface area (Å²) in [4.78, 5) is 23.7. The highest BCUT2D eigenvalue weighted by Gasteiger charge is 2.21. The fourth-order valence-electron chi connectivity index (χ4n) is 2.57. The Morgan fingerprint density at radius 2 is 1.66 bits per heavy atom. The van der Waals surface area contributed by atoms with E-state index in [1.807, 2.05) is 6.07 Å². The number of hydrogen-bond acceptors (Lipinski definition) is 9. The lowest BCUT2D eigenvalue weighted by Crippen LogP contribution is -2.45. The summed E-state index contributed by atoms with van der Waals surface area (Å²) in [6, 6.07) is 14.1. The molecule has 0 heterocycles. The van der Waals surface area contributed by atoms with E-state index in [4.69, 9.17) is 9.47 Å². The third-order valence-corrected chi connectivity index (χ3v) is 5.51. The van der Waals surface area contributed by atoms with Crippen molar-refractivity contribution in [3.05, 3.63) is 65.7 Å². The summed E-state index contributed by atoms with van der Waals surface area (Å²) in [5.74, 6) is -1.06. The number of amides is 1. The molecule has 1 amide bonds. The molecule has 0 aromatic heterocycles. The molecule has 1 unspecified atom stereocenters. The minimum Gasteiger partial charge on any atom is -0.445 e. The van der Waals surface area contributed by atoms with Crippen LogP contribution in [-0.2, 0) is 36.9 Å². The maximum Gasteiger partial charge on any atom is 0.407 e. The molecular weight excluding hydrogens is 442 g/mol. The van der Waals surface area contributed by atoms with Gasteiger partial charge in [0.25, 0.3) is 10.1 Å². The highest BCUT2D eigenvalue weighted by atomic mass is 32.2. The maximum absolute atomic E-state index is 12.0. The number of nitrogens with one attached hydrogen (secondary N) is 1. The number of rotatable bonds is 11. The third kappa shape index (κ3) is 9.02. The molecule has 0 aliphatic carbocycles. The Balaban J connectivity index is 1.86. The molecule has 0 saturated carbocycles. The molecule has 0 saturated heterocycles. The van der Waals surface area contributed by atoms with Crippen LogP contribution in [0.2, 0.25) is 0 Å². The summed E-state index contributed by atoms with van der Waals surface area (Å²) < 4.78 is 36.9. The number of hydrogen-bond donors (Lipinski definition) is 3. The number of esters is 1. The van der Waals surface area contributed by atoms with E-state index in [0.29, 0.717) is 5.56 Å². The van der Waals surface area contributed by atoms with Gasteiger partial charge in [-0.3, -0.25) is 8.98 Å². The van der Waals surface area contributed by atoms with Gasteiger partial charge in [0.1, 0.15) is 12.4 Å². The molecule has 0 aliphatic heterocycles. The minimum atomic E-state index is -3.76. The van der Waals surface area contributed by atoms with E-state index in [1.165, 1.54) is 12.1 Å². The van der Waals surface area contributed by atoms with Crippen LogP contribution in [0.1, 0.15) is 17.5 Å². The van der Waals surface area contributed by atoms with Crippen LogP contribution in [0.5, 0.6) is 5.75 Å². The molecular formula is C21H25NO9S. The van der Waals surface area contributed by atoms with Crippen LogP contribution < -0.4 is 10.1 Å². The first kappa shape index (κ1) is 25.3. The SMILES string of the molecule is COS(=O)(=O)CCC(=O)Oc1ccc(CC(NC(=O)OCc2ccccc2)C(O)O)cc1. The van der Waals surface area contributed by atoms with Crippen molar-refractivity contribution in [3.63, 3.8) is 0 Å². The van der Waals surface area contributed by atoms with Crippen LogP contribution in [0, 0.1) is 0 Å². The van der Waals surface area contributed by atoms with Crippen molar-refractivity contribution < 1.29 is 41.9 Å². The molecule has 0 radical (unpaired) electrons. The van der Waals surface area contributed by atoms with E-state index < -0.39 is 40.3 Å². The van der Waals surface area contributed by atoms with Gasteiger partial charge in [-0.25, -0.2) is 4.79 Å². The topological polar surface area (TPSA) is 148 Å². The van der Waals surface area contributed by atoms with Crippen LogP contribution in [0.4, 0.5) is 4.79 Å². The highest BCUT2D eigenvalue weighted by Crippen LogP contribution is 2.15. The summed E-state index contributed by atoms with van der Waals surface area (Å²) in [7, 11) is -2.75. The average Bonchev–Trinajstić information content (AvgIpc) is 2.78. The Morgan fingerprint density at radius 3 is 2.25 bits per heavy atom. The van der Waals surface area contributed by atoms with Gasteiger partial charge in [-0.05, 0) is 29.7 Å². The molecule has 0 spiro atoms. The first-order chi connectivity index (χ1) is 15.2. The Hall–Kier alpha value is -2.99. The molecule has 2 aromatic carbocycles. The van der Waals surface area contributed by atoms with Crippen molar-refractivity contribution in [1.82, 2.24) is 5.32 Å². The third-order valence-electron chi connectivity index (χ3n) is 4.30. The number of alkyl carbamates (subject to hydrolysis) is 1. The zero-order valence-corrected chi connectivity index (χ0v) is 18.2. The second-order valence-electron chi connectivity index (χ2n) is 6.73. The molecule has 0 fully saturated rings. The summed E-state index contributed by atoms with van der Waals surface area (Å²) in [6.07, 6.45) is -2.94. The second kappa shape index (κ2) is 12.2. The van der Waals surface area contributed by atoms with Crippen LogP contribution in [0.3, 0.4) is 0 Å². The van der Waals surface area contributed by atoms with E-state index in [1.54, 1.807) is 36.4 Å². The molecule has 0 bridgehead atoms. The lowest BCUT2D eigenvalue weighted by atomic mass is 10.1. The number of ether oxygens (including phenoxy) is 2. The van der Waals surface area contributed by atoms with Crippen molar-refractivity contribution in [1.29, 1.82) is 0 Å². The summed E-state index contributed by atoms with van der Waals surface area (Å²) >= 11 is 0. The van der Waals surface area contributed by atoms with Crippen molar-refractivity contribution in [2.24, 2.45) is 0 Å². The molecule has 10 nitrogen and oxygen atoms in total. The number of aliphatic hydroxyl groups excluding tert-OH is 1. The molecule has 0 aliphatic rings. The second-order valence-corrected chi connectivity index (χ2v) is 8.58. The normalized spacial score (nSPS) is 12.2. The fourth-order valence-corrected chi connectivity index (χ4v) is 3.15. The Kier molecular flexibility index (Phi) is 9.60. The Bertz CT molecular complexity index is 976. The van der Waals surface area contributed by atoms with Crippen LogP contribution >= 0.6 is 0 Å². The standard InChI is InChI=1S/C21H25NO9S/c1-29-32(27,28)12-11-19(23)31-17-9-7-15(8-10-17)13-18(20(24)25)22-21(26)30-14-16-5-3-2-4-6-16/h2-10,18,20,24-25H,11-14H2,1H3,(H,22,26). The lowest BCUT2D eigenvalue weighted by Gasteiger charge is -2.20. The average molecular weight is 467 g/mol. The van der Waals surface area contributed by atoms with E-state index >= 15 is 0 Å². The van der Waals surface area contributed by atoms with Crippen molar-refractivity contribution in [2.75, 3.05) is 12.9 Å². The zero-order valence-electron chi connectivity index (χ0n) is 17.3. The summed E-state index contributed by atoms with van der Waals surface area (Å²) in [6.45, 7) is 0.0344. The molecule has 32 heavy (non-hydrogen) atoms. The Labute approximate surface area is 185 Å². The highest BCUT2D eigenvalue weighted by molar-refractivity contribution is 7.86. The monoisotopic (exact) mass is 467 g/mol. The zero-order chi connectivity index (χ0) is 23.6. The lowest BCUT2D eigenvalue weighted by molar-refractivity contribution is -0.133. The van der Waals surface area contributed by atoms with Crippen molar-refractivity contribution >= 4 is 22.2 Å². The van der Waals surface area contributed by atoms with Crippen molar-refractivity contribution in [2.45, 2.75) is 31.8 Å². The van der Waals surface area contributed by atoms with Gasteiger partial charge in [-0.15, -0.1) is 0 Å². The molecule has 2 rings (SSSR count). The van der Waals surface area contributed by atoms with E-state index in [-0.39, 0.29) is 25.2 Å². The predicted octanol–water partition coefficient (Wildman–Crippen LogP) is 1.11. The van der Waals surface area contributed by atoms with Crippen LogP contribution in [0.25, 0.3) is 0 Å². The van der Waals surface area contributed by atoms with Gasteiger partial charge in [0.2, 0.25) is 0 Å². The van der Waals surface area contributed by atoms with Gasteiger partial charge in [-0.2, -0.15) is 8.42 Å². The molecule has 174 valence electrons. The van der Waals surface area contributed by atoms with Gasteiger partial charge < -0.3 is 25.0 Å². The number of carbonyl (C=O) groups excluding carboxylic acids is 2. The predicted molar refractivity (Wildman–Crippen MR) is 113 cm³/mol. The van der Waals surface area contributed by atoms with Gasteiger partial charge in [0, 0.05) is 0 Å². The molecule has 11 heteroatoms. The largest absolute Gasteiger partial charge is 0.445 e. The van der Waals surface area contributed by atoms with Gasteiger partial charge in [-0.1, -0.05) is 42.5 Å². The van der Waals surface area contributed by atoms with Crippen LogP contribution in [-0.4, -0.2) is 55.9 Å². The maximum atomic E-state index is 12.0. The first-order valence-electron chi connectivity index (χ1n) is 9.60. The molecule has 3 N–H and O–H groups in total. The van der Waals surface area contributed by atoms with Gasteiger partial charge in [0.05, 0.1) is 25.3 Å². The van der Waals surface area contributed by atoms with Crippen molar-refractivity contribution in [3.8, 4) is 5.75 Å². The molecule has 2 aromatic rings. The summed E-state index contributed by atoms with van der Waals surface area (Å²) in [5, 5.41) is 21.6. The quantitative estimate of drug-likeness (QED) is 0.191. The number of carbonyl (C=O) groups is 2. The Morgan fingerprint density at radius 1 is 1.00 bits per heavy atom. The first-order valence-corrected chi connectivity index (χ1v) is 11.2. The number of benzene rings is 2. The van der Waals surface area contributed by atoms with E-state index in [2.05, 4.69) is 9.50 Å². The van der Waals surface area contributed by atoms with Gasteiger partial charge in [0.15, 0.2) is 6.29 Å². The van der Waals surface area contributed by atoms with E-state index in [9.17, 15) is 28.2 Å². The smallest absolute Gasteiger partial charge is 0.407 e. The van der Waals surface area contributed by atoms with Crippen LogP contribution in [0.15, 0.2) is 54.6 Å². The molecule has 1 atom stereocenters. The fraction of sp³-hybridized carbons (Fsp3) is 0.333.